The summed E-state index contributed by atoms with van der Waals surface area (Å²) in [7, 11) is 1.61. The maximum Gasteiger partial charge on any atom is 0.224 e. The van der Waals surface area contributed by atoms with Crippen LogP contribution in [0.1, 0.15) is 18.4 Å². The molecule has 0 spiro atoms. The van der Waals surface area contributed by atoms with Crippen LogP contribution < -0.4 is 10.1 Å². The Morgan fingerprint density at radius 1 is 1.40 bits per heavy atom. The molecule has 1 aliphatic heterocycles. The summed E-state index contributed by atoms with van der Waals surface area (Å²) in [5.41, 5.74) is 0.937. The summed E-state index contributed by atoms with van der Waals surface area (Å²) in [5.74, 6) is 0.758. The van der Waals surface area contributed by atoms with Crippen molar-refractivity contribution in [3.05, 3.63) is 29.8 Å². The molecular weight excluding hydrogens is 258 g/mol. The van der Waals surface area contributed by atoms with E-state index in [0.29, 0.717) is 19.4 Å². The highest BCUT2D eigenvalue weighted by atomic mass is 16.7. The quantitative estimate of drug-likeness (QED) is 0.857. The first-order chi connectivity index (χ1) is 9.78. The van der Waals surface area contributed by atoms with E-state index in [-0.39, 0.29) is 12.2 Å². The molecule has 20 heavy (non-hydrogen) atoms. The van der Waals surface area contributed by atoms with Crippen LogP contribution >= 0.6 is 0 Å². The molecule has 1 aromatic rings. The van der Waals surface area contributed by atoms with Crippen molar-refractivity contribution >= 4 is 5.91 Å². The zero-order chi connectivity index (χ0) is 14.2. The van der Waals surface area contributed by atoms with Gasteiger partial charge in [-0.25, -0.2) is 0 Å². The SMILES string of the molecule is COc1cccc(CC(=O)NCCC2OCCCO2)c1. The van der Waals surface area contributed by atoms with Crippen molar-refractivity contribution in [3.63, 3.8) is 0 Å². The fourth-order valence-electron chi connectivity index (χ4n) is 2.06. The van der Waals surface area contributed by atoms with E-state index >= 15 is 0 Å². The van der Waals surface area contributed by atoms with Gasteiger partial charge in [-0.1, -0.05) is 12.1 Å². The minimum Gasteiger partial charge on any atom is -0.497 e. The number of carbonyl (C=O) groups excluding carboxylic acids is 1. The minimum absolute atomic E-state index is 0.00550. The van der Waals surface area contributed by atoms with Crippen molar-refractivity contribution in [3.8, 4) is 5.75 Å². The van der Waals surface area contributed by atoms with Gasteiger partial charge >= 0.3 is 0 Å². The van der Waals surface area contributed by atoms with E-state index in [0.717, 1.165) is 30.9 Å². The Morgan fingerprint density at radius 3 is 2.95 bits per heavy atom. The van der Waals surface area contributed by atoms with Crippen molar-refractivity contribution in [1.82, 2.24) is 5.32 Å². The lowest BCUT2D eigenvalue weighted by Crippen LogP contribution is -2.32. The average molecular weight is 279 g/mol. The number of benzene rings is 1. The van der Waals surface area contributed by atoms with Crippen molar-refractivity contribution in [2.75, 3.05) is 26.9 Å². The number of hydrogen-bond acceptors (Lipinski definition) is 4. The summed E-state index contributed by atoms with van der Waals surface area (Å²) >= 11 is 0. The van der Waals surface area contributed by atoms with Gasteiger partial charge < -0.3 is 19.5 Å². The number of amides is 1. The monoisotopic (exact) mass is 279 g/mol. The maximum atomic E-state index is 11.8. The predicted octanol–water partition coefficient (Wildman–Crippen LogP) is 1.51. The van der Waals surface area contributed by atoms with Crippen LogP contribution in [0.5, 0.6) is 5.75 Å². The van der Waals surface area contributed by atoms with E-state index in [1.165, 1.54) is 0 Å². The molecule has 5 nitrogen and oxygen atoms in total. The van der Waals surface area contributed by atoms with Crippen LogP contribution in [0.2, 0.25) is 0 Å². The average Bonchev–Trinajstić information content (AvgIpc) is 2.48. The molecule has 0 atom stereocenters. The molecule has 1 aliphatic rings. The Morgan fingerprint density at radius 2 is 2.20 bits per heavy atom. The Hall–Kier alpha value is -1.59. The van der Waals surface area contributed by atoms with Gasteiger partial charge in [-0.2, -0.15) is 0 Å². The van der Waals surface area contributed by atoms with Crippen LogP contribution in [0, 0.1) is 0 Å². The van der Waals surface area contributed by atoms with Gasteiger partial charge in [0.15, 0.2) is 6.29 Å². The number of nitrogens with one attached hydrogen (secondary N) is 1. The molecule has 1 N–H and O–H groups in total. The van der Waals surface area contributed by atoms with Crippen molar-refractivity contribution < 1.29 is 19.0 Å². The Balaban J connectivity index is 1.69. The molecule has 0 bridgehead atoms. The van der Waals surface area contributed by atoms with Gasteiger partial charge in [0, 0.05) is 13.0 Å². The molecule has 110 valence electrons. The molecule has 5 heteroatoms. The molecule has 0 saturated carbocycles. The molecule has 1 fully saturated rings. The summed E-state index contributed by atoms with van der Waals surface area (Å²) < 4.78 is 16.0. The largest absolute Gasteiger partial charge is 0.497 e. The first kappa shape index (κ1) is 14.8. The van der Waals surface area contributed by atoms with E-state index in [1.807, 2.05) is 24.3 Å². The second kappa shape index (κ2) is 7.87. The first-order valence-corrected chi connectivity index (χ1v) is 6.91. The van der Waals surface area contributed by atoms with Crippen molar-refractivity contribution in [2.45, 2.75) is 25.6 Å². The van der Waals surface area contributed by atoms with Crippen LogP contribution in [-0.4, -0.2) is 39.1 Å². The highest BCUT2D eigenvalue weighted by molar-refractivity contribution is 5.78. The van der Waals surface area contributed by atoms with Gasteiger partial charge in [-0.15, -0.1) is 0 Å². The van der Waals surface area contributed by atoms with Gasteiger partial charge in [-0.3, -0.25) is 4.79 Å². The first-order valence-electron chi connectivity index (χ1n) is 6.91. The van der Waals surface area contributed by atoms with Crippen molar-refractivity contribution in [1.29, 1.82) is 0 Å². The topological polar surface area (TPSA) is 56.8 Å². The fourth-order valence-corrected chi connectivity index (χ4v) is 2.06. The molecule has 2 rings (SSSR count). The maximum absolute atomic E-state index is 11.8. The normalized spacial score (nSPS) is 15.8. The van der Waals surface area contributed by atoms with Gasteiger partial charge in [0.05, 0.1) is 26.7 Å². The van der Waals surface area contributed by atoms with Gasteiger partial charge in [-0.05, 0) is 24.1 Å². The van der Waals surface area contributed by atoms with E-state index in [9.17, 15) is 4.79 Å². The molecule has 0 unspecified atom stereocenters. The third-order valence-electron chi connectivity index (χ3n) is 3.10. The van der Waals surface area contributed by atoms with Gasteiger partial charge in [0.25, 0.3) is 0 Å². The van der Waals surface area contributed by atoms with Crippen LogP contribution in [-0.2, 0) is 20.7 Å². The molecular formula is C15H21NO4. The zero-order valence-electron chi connectivity index (χ0n) is 11.8. The lowest BCUT2D eigenvalue weighted by atomic mass is 10.1. The van der Waals surface area contributed by atoms with E-state index < -0.39 is 0 Å². The van der Waals surface area contributed by atoms with Crippen LogP contribution in [0.4, 0.5) is 0 Å². The number of hydrogen-bond donors (Lipinski definition) is 1. The lowest BCUT2D eigenvalue weighted by Gasteiger charge is -2.23. The standard InChI is InChI=1S/C15H21NO4/c1-18-13-5-2-4-12(10-13)11-14(17)16-7-6-15-19-8-3-9-20-15/h2,4-5,10,15H,3,6-9,11H2,1H3,(H,16,17). The molecule has 0 radical (unpaired) electrons. The Labute approximate surface area is 119 Å². The smallest absolute Gasteiger partial charge is 0.224 e. The van der Waals surface area contributed by atoms with Crippen LogP contribution in [0.3, 0.4) is 0 Å². The summed E-state index contributed by atoms with van der Waals surface area (Å²) in [6.45, 7) is 2.04. The number of carbonyl (C=O) groups is 1. The number of rotatable bonds is 6. The molecule has 1 saturated heterocycles. The molecule has 1 amide bonds. The lowest BCUT2D eigenvalue weighted by molar-refractivity contribution is -0.180. The molecule has 1 heterocycles. The second-order valence-corrected chi connectivity index (χ2v) is 4.69. The minimum atomic E-state index is -0.180. The number of ether oxygens (including phenoxy) is 3. The van der Waals surface area contributed by atoms with Crippen LogP contribution in [0.15, 0.2) is 24.3 Å². The van der Waals surface area contributed by atoms with E-state index in [4.69, 9.17) is 14.2 Å². The third kappa shape index (κ3) is 4.83. The third-order valence-corrected chi connectivity index (χ3v) is 3.10. The van der Waals surface area contributed by atoms with Gasteiger partial charge in [0.1, 0.15) is 5.75 Å². The summed E-state index contributed by atoms with van der Waals surface area (Å²) in [4.78, 5) is 11.8. The Bertz CT molecular complexity index is 430. The molecule has 1 aromatic carbocycles. The second-order valence-electron chi connectivity index (χ2n) is 4.69. The molecule has 0 aromatic heterocycles. The van der Waals surface area contributed by atoms with E-state index in [2.05, 4.69) is 5.32 Å². The fraction of sp³-hybridized carbons (Fsp3) is 0.533. The predicted molar refractivity (Wildman–Crippen MR) is 74.6 cm³/mol. The zero-order valence-corrected chi connectivity index (χ0v) is 11.8. The summed E-state index contributed by atoms with van der Waals surface area (Å²) in [6.07, 6.45) is 1.80. The number of methoxy groups -OCH3 is 1. The summed E-state index contributed by atoms with van der Waals surface area (Å²) in [6, 6.07) is 7.52. The van der Waals surface area contributed by atoms with Crippen molar-refractivity contribution in [2.24, 2.45) is 0 Å². The highest BCUT2D eigenvalue weighted by Crippen LogP contribution is 2.13. The Kier molecular flexibility index (Phi) is 5.83. The molecule has 0 aliphatic carbocycles. The highest BCUT2D eigenvalue weighted by Gasteiger charge is 2.14. The summed E-state index contributed by atoms with van der Waals surface area (Å²) in [5, 5.41) is 2.88. The van der Waals surface area contributed by atoms with Gasteiger partial charge in [0.2, 0.25) is 5.91 Å². The van der Waals surface area contributed by atoms with E-state index in [1.54, 1.807) is 7.11 Å². The van der Waals surface area contributed by atoms with Crippen LogP contribution in [0.25, 0.3) is 0 Å².